The number of amides is 2. The molecule has 5 nitrogen and oxygen atoms in total. The Bertz CT molecular complexity index is 620. The monoisotopic (exact) mass is 357 g/mol. The molecule has 0 bridgehead atoms. The molecule has 1 aliphatic carbocycles. The van der Waals surface area contributed by atoms with Gasteiger partial charge < -0.3 is 16.0 Å². The van der Waals surface area contributed by atoms with Crippen molar-refractivity contribution in [2.75, 3.05) is 19.4 Å². The molecule has 0 aliphatic heterocycles. The largest absolute Gasteiger partial charge is 0.345 e. The van der Waals surface area contributed by atoms with Gasteiger partial charge in [0.1, 0.15) is 5.82 Å². The van der Waals surface area contributed by atoms with Crippen LogP contribution < -0.4 is 11.1 Å². The Morgan fingerprint density at radius 1 is 1.33 bits per heavy atom. The first-order chi connectivity index (χ1) is 10.7. The number of nitrogens with two attached hydrogens (primary N) is 1. The van der Waals surface area contributed by atoms with Crippen LogP contribution in [0.4, 0.5) is 10.1 Å². The lowest BCUT2D eigenvalue weighted by atomic mass is 9.74. The number of halogens is 2. The Balaban J connectivity index is 0.00000288. The second kappa shape index (κ2) is 7.94. The number of benzene rings is 1. The second-order valence-electron chi connectivity index (χ2n) is 6.69. The molecule has 2 unspecified atom stereocenters. The van der Waals surface area contributed by atoms with E-state index in [0.717, 1.165) is 25.7 Å². The van der Waals surface area contributed by atoms with Crippen molar-refractivity contribution in [2.45, 2.75) is 38.1 Å². The molecule has 0 saturated heterocycles. The summed E-state index contributed by atoms with van der Waals surface area (Å²) in [7, 11) is 3.10. The molecule has 0 aromatic heterocycles. The van der Waals surface area contributed by atoms with E-state index >= 15 is 0 Å². The number of nitrogens with one attached hydrogen (secondary N) is 1. The van der Waals surface area contributed by atoms with Crippen molar-refractivity contribution < 1.29 is 14.0 Å². The lowest BCUT2D eigenvalue weighted by Crippen LogP contribution is -2.51. The molecule has 2 rings (SSSR count). The van der Waals surface area contributed by atoms with Gasteiger partial charge in [0.15, 0.2) is 0 Å². The van der Waals surface area contributed by atoms with Crippen molar-refractivity contribution in [2.24, 2.45) is 11.7 Å². The number of carbonyl (C=O) groups is 2. The van der Waals surface area contributed by atoms with Crippen LogP contribution in [0.5, 0.6) is 0 Å². The van der Waals surface area contributed by atoms with Crippen molar-refractivity contribution in [3.05, 3.63) is 29.6 Å². The maximum atomic E-state index is 13.8. The molecule has 0 radical (unpaired) electrons. The fourth-order valence-electron chi connectivity index (χ4n) is 3.03. The highest BCUT2D eigenvalue weighted by molar-refractivity contribution is 5.98. The highest BCUT2D eigenvalue weighted by Gasteiger charge is 2.37. The molecule has 1 saturated carbocycles. The van der Waals surface area contributed by atoms with Crippen LogP contribution >= 0.6 is 12.4 Å². The van der Waals surface area contributed by atoms with Crippen molar-refractivity contribution in [3.8, 4) is 0 Å². The van der Waals surface area contributed by atoms with E-state index in [9.17, 15) is 14.0 Å². The van der Waals surface area contributed by atoms with E-state index < -0.39 is 17.3 Å². The third kappa shape index (κ3) is 4.45. The average Bonchev–Trinajstić information content (AvgIpc) is 2.47. The quantitative estimate of drug-likeness (QED) is 0.873. The molecule has 1 aliphatic rings. The first-order valence-electron chi connectivity index (χ1n) is 7.83. The first kappa shape index (κ1) is 20.4. The molecule has 3 N–H and O–H groups in total. The summed E-state index contributed by atoms with van der Waals surface area (Å²) in [5.74, 6) is -1.51. The van der Waals surface area contributed by atoms with Crippen LogP contribution in [0.25, 0.3) is 0 Å². The van der Waals surface area contributed by atoms with Crippen molar-refractivity contribution in [3.63, 3.8) is 0 Å². The van der Waals surface area contributed by atoms with E-state index in [0.29, 0.717) is 5.69 Å². The summed E-state index contributed by atoms with van der Waals surface area (Å²) in [6.45, 7) is 1.89. The summed E-state index contributed by atoms with van der Waals surface area (Å²) in [4.78, 5) is 25.8. The van der Waals surface area contributed by atoms with Gasteiger partial charge in [-0.2, -0.15) is 0 Å². The smallest absolute Gasteiger partial charge is 0.256 e. The number of hydrogen-bond donors (Lipinski definition) is 2. The highest BCUT2D eigenvalue weighted by atomic mass is 35.5. The number of carbonyl (C=O) groups excluding carboxylic acids is 2. The molecule has 24 heavy (non-hydrogen) atoms. The van der Waals surface area contributed by atoms with E-state index in [1.807, 2.05) is 6.92 Å². The van der Waals surface area contributed by atoms with Gasteiger partial charge in [-0.1, -0.05) is 12.8 Å². The Kier molecular flexibility index (Phi) is 6.75. The van der Waals surface area contributed by atoms with Gasteiger partial charge >= 0.3 is 0 Å². The van der Waals surface area contributed by atoms with Gasteiger partial charge in [0, 0.05) is 25.3 Å². The number of nitrogens with zero attached hydrogens (tertiary/aromatic N) is 1. The third-order valence-corrected chi connectivity index (χ3v) is 4.44. The number of hydrogen-bond acceptors (Lipinski definition) is 3. The van der Waals surface area contributed by atoms with Crippen LogP contribution in [0.2, 0.25) is 0 Å². The lowest BCUT2D eigenvalue weighted by Gasteiger charge is -2.37. The van der Waals surface area contributed by atoms with Gasteiger partial charge in [-0.3, -0.25) is 9.59 Å². The second-order valence-corrected chi connectivity index (χ2v) is 6.69. The van der Waals surface area contributed by atoms with E-state index in [2.05, 4.69) is 5.32 Å². The van der Waals surface area contributed by atoms with E-state index in [4.69, 9.17) is 5.73 Å². The minimum atomic E-state index is -0.608. The van der Waals surface area contributed by atoms with Gasteiger partial charge in [0.05, 0.1) is 11.5 Å². The van der Waals surface area contributed by atoms with Crippen molar-refractivity contribution >= 4 is 29.9 Å². The molecule has 0 heterocycles. The van der Waals surface area contributed by atoms with E-state index in [1.165, 1.54) is 23.1 Å². The normalized spacial score (nSPS) is 23.1. The summed E-state index contributed by atoms with van der Waals surface area (Å²) in [6.07, 6.45) is 3.54. The molecular formula is C17H25ClFN3O2. The molecule has 134 valence electrons. The first-order valence-corrected chi connectivity index (χ1v) is 7.83. The Hall–Kier alpha value is -1.66. The zero-order chi connectivity index (χ0) is 17.2. The SMILES string of the molecule is CN(C)C(=O)c1cc(NC(=O)C2CCCCC2(C)N)ccc1F.Cl. The van der Waals surface area contributed by atoms with Crippen LogP contribution in [0.1, 0.15) is 43.0 Å². The van der Waals surface area contributed by atoms with Crippen LogP contribution in [0.3, 0.4) is 0 Å². The van der Waals surface area contributed by atoms with Gasteiger partial charge in [-0.15, -0.1) is 12.4 Å². The minimum Gasteiger partial charge on any atom is -0.345 e. The molecule has 0 spiro atoms. The Morgan fingerprint density at radius 2 is 2.00 bits per heavy atom. The minimum absolute atomic E-state index is 0. The van der Waals surface area contributed by atoms with Gasteiger partial charge in [0.25, 0.3) is 5.91 Å². The van der Waals surface area contributed by atoms with E-state index in [-0.39, 0.29) is 29.8 Å². The molecule has 1 aromatic rings. The van der Waals surface area contributed by atoms with Crippen LogP contribution in [-0.4, -0.2) is 36.3 Å². The zero-order valence-corrected chi connectivity index (χ0v) is 15.1. The summed E-state index contributed by atoms with van der Waals surface area (Å²) < 4.78 is 13.8. The third-order valence-electron chi connectivity index (χ3n) is 4.44. The van der Waals surface area contributed by atoms with E-state index in [1.54, 1.807) is 14.1 Å². The number of rotatable bonds is 3. The van der Waals surface area contributed by atoms with Gasteiger partial charge in [0.2, 0.25) is 5.91 Å². The average molecular weight is 358 g/mol. The van der Waals surface area contributed by atoms with Crippen LogP contribution in [0, 0.1) is 11.7 Å². The summed E-state index contributed by atoms with van der Waals surface area (Å²) in [5.41, 5.74) is 6.04. The van der Waals surface area contributed by atoms with Crippen LogP contribution in [-0.2, 0) is 4.79 Å². The fourth-order valence-corrected chi connectivity index (χ4v) is 3.03. The molecular weight excluding hydrogens is 333 g/mol. The Morgan fingerprint density at radius 3 is 2.58 bits per heavy atom. The topological polar surface area (TPSA) is 75.4 Å². The maximum absolute atomic E-state index is 13.8. The molecule has 1 fully saturated rings. The summed E-state index contributed by atoms with van der Waals surface area (Å²) in [6, 6.07) is 4.01. The van der Waals surface area contributed by atoms with Gasteiger partial charge in [-0.05, 0) is 38.0 Å². The zero-order valence-electron chi connectivity index (χ0n) is 14.3. The van der Waals surface area contributed by atoms with Crippen molar-refractivity contribution in [1.29, 1.82) is 0 Å². The maximum Gasteiger partial charge on any atom is 0.256 e. The summed E-state index contributed by atoms with van der Waals surface area (Å²) in [5, 5.41) is 2.77. The predicted molar refractivity (Wildman–Crippen MR) is 94.8 cm³/mol. The van der Waals surface area contributed by atoms with Gasteiger partial charge in [-0.25, -0.2) is 4.39 Å². The molecule has 7 heteroatoms. The van der Waals surface area contributed by atoms with Crippen molar-refractivity contribution in [1.82, 2.24) is 4.90 Å². The number of anilines is 1. The summed E-state index contributed by atoms with van der Waals surface area (Å²) >= 11 is 0. The molecule has 2 atom stereocenters. The standard InChI is InChI=1S/C17H24FN3O2.ClH/c1-17(19)9-5-4-6-13(17)15(22)20-11-7-8-14(18)12(10-11)16(23)21(2)3;/h7-8,10,13H,4-6,9,19H2,1-3H3,(H,20,22);1H. The molecule has 1 aromatic carbocycles. The fraction of sp³-hybridized carbons (Fsp3) is 0.529. The Labute approximate surface area is 148 Å². The highest BCUT2D eigenvalue weighted by Crippen LogP contribution is 2.32. The van der Waals surface area contributed by atoms with Crippen LogP contribution in [0.15, 0.2) is 18.2 Å². The predicted octanol–water partition coefficient (Wildman–Crippen LogP) is 2.80. The lowest BCUT2D eigenvalue weighted by molar-refractivity contribution is -0.122. The molecule has 2 amide bonds.